The summed E-state index contributed by atoms with van der Waals surface area (Å²) in [6.45, 7) is 4.83. The zero-order valence-electron chi connectivity index (χ0n) is 12.5. The quantitative estimate of drug-likeness (QED) is 0.740. The van der Waals surface area contributed by atoms with Crippen LogP contribution in [0, 0.1) is 0 Å². The van der Waals surface area contributed by atoms with E-state index in [0.717, 1.165) is 37.4 Å². The van der Waals surface area contributed by atoms with Crippen molar-refractivity contribution in [1.29, 1.82) is 0 Å². The second kappa shape index (κ2) is 7.34. The fourth-order valence-corrected chi connectivity index (χ4v) is 2.60. The van der Waals surface area contributed by atoms with E-state index < -0.39 is 0 Å². The Balaban J connectivity index is 1.86. The molecule has 2 rings (SSSR count). The van der Waals surface area contributed by atoms with E-state index in [-0.39, 0.29) is 6.10 Å². The summed E-state index contributed by atoms with van der Waals surface area (Å²) in [6, 6.07) is 6.01. The monoisotopic (exact) mass is 276 g/mol. The molecule has 0 N–H and O–H groups in total. The highest BCUT2D eigenvalue weighted by atomic mass is 16.5. The number of rotatable bonds is 6. The van der Waals surface area contributed by atoms with Crippen LogP contribution in [0.3, 0.4) is 0 Å². The lowest BCUT2D eigenvalue weighted by Crippen LogP contribution is -2.20. The van der Waals surface area contributed by atoms with Crippen LogP contribution >= 0.6 is 0 Å². The van der Waals surface area contributed by atoms with Crippen molar-refractivity contribution >= 4 is 0 Å². The predicted octanol–water partition coefficient (Wildman–Crippen LogP) is 3.76. The molecule has 0 radical (unpaired) electrons. The van der Waals surface area contributed by atoms with Gasteiger partial charge < -0.3 is 14.2 Å². The molecule has 0 spiro atoms. The maximum atomic E-state index is 5.96. The lowest BCUT2D eigenvalue weighted by molar-refractivity contribution is 0.0631. The molecule has 0 unspecified atom stereocenters. The van der Waals surface area contributed by atoms with Gasteiger partial charge in [-0.1, -0.05) is 19.1 Å². The summed E-state index contributed by atoms with van der Waals surface area (Å²) >= 11 is 0. The summed E-state index contributed by atoms with van der Waals surface area (Å²) in [5, 5.41) is 0. The summed E-state index contributed by atoms with van der Waals surface area (Å²) in [4.78, 5) is 0. The molecule has 0 heterocycles. The smallest absolute Gasteiger partial charge is 0.160 e. The molecule has 1 aromatic carbocycles. The molecule has 1 aliphatic carbocycles. The lowest BCUT2D eigenvalue weighted by atomic mass is 9.93. The van der Waals surface area contributed by atoms with Crippen molar-refractivity contribution in [3.8, 4) is 11.5 Å². The van der Waals surface area contributed by atoms with Crippen LogP contribution in [-0.2, 0) is 11.2 Å². The number of hydrogen-bond donors (Lipinski definition) is 0. The summed E-state index contributed by atoms with van der Waals surface area (Å²) < 4.78 is 16.5. The van der Waals surface area contributed by atoms with E-state index in [4.69, 9.17) is 14.2 Å². The van der Waals surface area contributed by atoms with Gasteiger partial charge in [0, 0.05) is 0 Å². The van der Waals surface area contributed by atoms with Crippen molar-refractivity contribution in [3.63, 3.8) is 0 Å². The topological polar surface area (TPSA) is 27.7 Å². The maximum Gasteiger partial charge on any atom is 0.160 e. The van der Waals surface area contributed by atoms with E-state index in [9.17, 15) is 0 Å². The van der Waals surface area contributed by atoms with Gasteiger partial charge in [-0.2, -0.15) is 0 Å². The Labute approximate surface area is 121 Å². The average molecular weight is 276 g/mol. The average Bonchev–Trinajstić information content (AvgIpc) is 2.49. The molecular formula is C17H24O3. The molecular weight excluding hydrogens is 252 g/mol. The summed E-state index contributed by atoms with van der Waals surface area (Å²) in [5.41, 5.74) is 2.45. The van der Waals surface area contributed by atoms with E-state index in [1.807, 2.05) is 12.1 Å². The van der Waals surface area contributed by atoms with Gasteiger partial charge in [0.25, 0.3) is 0 Å². The first-order valence-electron chi connectivity index (χ1n) is 7.24. The largest absolute Gasteiger partial charge is 0.493 e. The minimum absolute atomic E-state index is 0.254. The van der Waals surface area contributed by atoms with Crippen LogP contribution in [0.15, 0.2) is 30.4 Å². The highest BCUT2D eigenvalue weighted by Crippen LogP contribution is 2.28. The molecule has 0 bridgehead atoms. The summed E-state index contributed by atoms with van der Waals surface area (Å²) in [6.07, 6.45) is 5.87. The fourth-order valence-electron chi connectivity index (χ4n) is 2.60. The standard InChI is InChI=1S/C17H24O3/c1-13-6-4-5-7-15(13)20-11-10-14-8-9-16(18-2)17(12-14)19-3/h8-9,12,15H,1,4-7,10-11H2,2-3H3/t15-/m0/s1. The van der Waals surface area contributed by atoms with Crippen molar-refractivity contribution in [2.45, 2.75) is 38.2 Å². The van der Waals surface area contributed by atoms with Crippen molar-refractivity contribution in [1.82, 2.24) is 0 Å². The van der Waals surface area contributed by atoms with Crippen LogP contribution in [0.1, 0.15) is 31.2 Å². The Kier molecular flexibility index (Phi) is 5.48. The normalized spacial score (nSPS) is 18.9. The van der Waals surface area contributed by atoms with Crippen LogP contribution in [0.4, 0.5) is 0 Å². The van der Waals surface area contributed by atoms with Crippen LogP contribution < -0.4 is 9.47 Å². The van der Waals surface area contributed by atoms with E-state index in [0.29, 0.717) is 0 Å². The first kappa shape index (κ1) is 14.9. The van der Waals surface area contributed by atoms with E-state index in [2.05, 4.69) is 12.6 Å². The van der Waals surface area contributed by atoms with Crippen molar-refractivity contribution < 1.29 is 14.2 Å². The van der Waals surface area contributed by atoms with Gasteiger partial charge in [0.05, 0.1) is 26.9 Å². The molecule has 110 valence electrons. The minimum atomic E-state index is 0.254. The second-order valence-electron chi connectivity index (χ2n) is 5.20. The van der Waals surface area contributed by atoms with Gasteiger partial charge in [0.2, 0.25) is 0 Å². The number of ether oxygens (including phenoxy) is 3. The molecule has 1 atom stereocenters. The van der Waals surface area contributed by atoms with Gasteiger partial charge in [-0.3, -0.25) is 0 Å². The number of benzene rings is 1. The molecule has 0 amide bonds. The number of hydrogen-bond acceptors (Lipinski definition) is 3. The molecule has 1 aromatic rings. The zero-order chi connectivity index (χ0) is 14.4. The van der Waals surface area contributed by atoms with Crippen LogP contribution in [-0.4, -0.2) is 26.9 Å². The third-order valence-corrected chi connectivity index (χ3v) is 3.83. The Morgan fingerprint density at radius 2 is 1.95 bits per heavy atom. The van der Waals surface area contributed by atoms with Crippen LogP contribution in [0.2, 0.25) is 0 Å². The lowest BCUT2D eigenvalue weighted by Gasteiger charge is -2.24. The molecule has 0 saturated heterocycles. The van der Waals surface area contributed by atoms with Gasteiger partial charge in [-0.25, -0.2) is 0 Å². The van der Waals surface area contributed by atoms with E-state index in [1.165, 1.54) is 24.0 Å². The molecule has 1 aliphatic rings. The zero-order valence-corrected chi connectivity index (χ0v) is 12.5. The highest BCUT2D eigenvalue weighted by Gasteiger charge is 2.17. The van der Waals surface area contributed by atoms with Crippen LogP contribution in [0.25, 0.3) is 0 Å². The third kappa shape index (κ3) is 3.76. The molecule has 1 saturated carbocycles. The van der Waals surface area contributed by atoms with Crippen molar-refractivity contribution in [2.24, 2.45) is 0 Å². The number of methoxy groups -OCH3 is 2. The molecule has 0 aliphatic heterocycles. The van der Waals surface area contributed by atoms with Gasteiger partial charge in [-0.15, -0.1) is 0 Å². The van der Waals surface area contributed by atoms with Crippen LogP contribution in [0.5, 0.6) is 11.5 Å². The van der Waals surface area contributed by atoms with Gasteiger partial charge in [0.15, 0.2) is 11.5 Å². The minimum Gasteiger partial charge on any atom is -0.493 e. The van der Waals surface area contributed by atoms with E-state index >= 15 is 0 Å². The fraction of sp³-hybridized carbons (Fsp3) is 0.529. The first-order chi connectivity index (χ1) is 9.74. The molecule has 20 heavy (non-hydrogen) atoms. The summed E-state index contributed by atoms with van der Waals surface area (Å²) in [7, 11) is 3.31. The molecule has 1 fully saturated rings. The predicted molar refractivity (Wildman–Crippen MR) is 80.6 cm³/mol. The molecule has 0 aromatic heterocycles. The van der Waals surface area contributed by atoms with Gasteiger partial charge in [-0.05, 0) is 49.0 Å². The highest BCUT2D eigenvalue weighted by molar-refractivity contribution is 5.42. The maximum absolute atomic E-state index is 5.96. The Hall–Kier alpha value is -1.48. The third-order valence-electron chi connectivity index (χ3n) is 3.83. The Morgan fingerprint density at radius 3 is 2.65 bits per heavy atom. The van der Waals surface area contributed by atoms with Gasteiger partial charge in [0.1, 0.15) is 0 Å². The SMILES string of the molecule is C=C1CCCC[C@@H]1OCCc1ccc(OC)c(OC)c1. The van der Waals surface area contributed by atoms with Gasteiger partial charge >= 0.3 is 0 Å². The van der Waals surface area contributed by atoms with Crippen molar-refractivity contribution in [3.05, 3.63) is 35.9 Å². The van der Waals surface area contributed by atoms with E-state index in [1.54, 1.807) is 14.2 Å². The molecule has 3 nitrogen and oxygen atoms in total. The Morgan fingerprint density at radius 1 is 1.15 bits per heavy atom. The Bertz CT molecular complexity index is 454. The molecule has 3 heteroatoms. The summed E-state index contributed by atoms with van der Waals surface area (Å²) in [5.74, 6) is 1.53. The van der Waals surface area contributed by atoms with Crippen molar-refractivity contribution in [2.75, 3.05) is 20.8 Å². The first-order valence-corrected chi connectivity index (χ1v) is 7.24. The second-order valence-corrected chi connectivity index (χ2v) is 5.20.